The standard InChI is InChI=1S/C12H16BrN/c1-9-4-5-11(13)7-12(9)10-3-2-6-14-8-10/h2-3,6,8-9,11-12H,4-5,7H2,1H3. The van der Waals surface area contributed by atoms with Crippen LogP contribution in [0.5, 0.6) is 0 Å². The van der Waals surface area contributed by atoms with Crippen molar-refractivity contribution in [1.29, 1.82) is 0 Å². The third-order valence-electron chi connectivity index (χ3n) is 3.24. The highest BCUT2D eigenvalue weighted by Gasteiger charge is 2.27. The fourth-order valence-electron chi connectivity index (χ4n) is 2.33. The zero-order valence-corrected chi connectivity index (χ0v) is 10.1. The smallest absolute Gasteiger partial charge is 0.0302 e. The first-order valence-electron chi connectivity index (χ1n) is 5.31. The zero-order chi connectivity index (χ0) is 9.97. The van der Waals surface area contributed by atoms with Gasteiger partial charge in [0.2, 0.25) is 0 Å². The number of hydrogen-bond acceptors (Lipinski definition) is 1. The van der Waals surface area contributed by atoms with Crippen molar-refractivity contribution >= 4 is 15.9 Å². The summed E-state index contributed by atoms with van der Waals surface area (Å²) in [6.07, 6.45) is 7.77. The maximum Gasteiger partial charge on any atom is 0.0302 e. The van der Waals surface area contributed by atoms with E-state index in [2.05, 4.69) is 33.9 Å². The molecule has 0 spiro atoms. The Kier molecular flexibility index (Phi) is 3.22. The predicted molar refractivity (Wildman–Crippen MR) is 62.7 cm³/mol. The van der Waals surface area contributed by atoms with Gasteiger partial charge >= 0.3 is 0 Å². The van der Waals surface area contributed by atoms with Crippen LogP contribution in [-0.4, -0.2) is 9.81 Å². The van der Waals surface area contributed by atoms with Crippen LogP contribution >= 0.6 is 15.9 Å². The molecule has 1 nitrogen and oxygen atoms in total. The highest BCUT2D eigenvalue weighted by molar-refractivity contribution is 9.09. The van der Waals surface area contributed by atoms with Crippen molar-refractivity contribution in [3.05, 3.63) is 30.1 Å². The molecule has 1 saturated carbocycles. The van der Waals surface area contributed by atoms with Gasteiger partial charge < -0.3 is 0 Å². The van der Waals surface area contributed by atoms with E-state index < -0.39 is 0 Å². The molecule has 2 heteroatoms. The average Bonchev–Trinajstić information content (AvgIpc) is 2.23. The van der Waals surface area contributed by atoms with Gasteiger partial charge in [0.15, 0.2) is 0 Å². The van der Waals surface area contributed by atoms with Gasteiger partial charge in [0.25, 0.3) is 0 Å². The van der Waals surface area contributed by atoms with E-state index >= 15 is 0 Å². The summed E-state index contributed by atoms with van der Waals surface area (Å²) in [5.74, 6) is 1.50. The van der Waals surface area contributed by atoms with E-state index in [1.54, 1.807) is 0 Å². The molecule has 0 radical (unpaired) electrons. The van der Waals surface area contributed by atoms with E-state index in [1.807, 2.05) is 18.5 Å². The van der Waals surface area contributed by atoms with Gasteiger partial charge in [-0.25, -0.2) is 0 Å². The van der Waals surface area contributed by atoms with Crippen LogP contribution in [0.2, 0.25) is 0 Å². The van der Waals surface area contributed by atoms with Gasteiger partial charge in [0.1, 0.15) is 0 Å². The van der Waals surface area contributed by atoms with Gasteiger partial charge in [-0.15, -0.1) is 0 Å². The largest absolute Gasteiger partial charge is 0.264 e. The molecule has 0 bridgehead atoms. The molecule has 76 valence electrons. The Morgan fingerprint density at radius 2 is 2.29 bits per heavy atom. The topological polar surface area (TPSA) is 12.9 Å². The molecule has 0 aromatic carbocycles. The molecule has 1 aromatic heterocycles. The zero-order valence-electron chi connectivity index (χ0n) is 8.49. The molecule has 3 unspecified atom stereocenters. The first-order chi connectivity index (χ1) is 6.77. The van der Waals surface area contributed by atoms with Crippen molar-refractivity contribution in [3.63, 3.8) is 0 Å². The summed E-state index contributed by atoms with van der Waals surface area (Å²) in [5.41, 5.74) is 1.41. The van der Waals surface area contributed by atoms with E-state index in [4.69, 9.17) is 0 Å². The second kappa shape index (κ2) is 4.43. The minimum absolute atomic E-state index is 0.696. The molecule has 1 aliphatic rings. The normalized spacial score (nSPS) is 32.9. The number of pyridine rings is 1. The van der Waals surface area contributed by atoms with Crippen LogP contribution < -0.4 is 0 Å². The number of nitrogens with zero attached hydrogens (tertiary/aromatic N) is 1. The van der Waals surface area contributed by atoms with E-state index in [1.165, 1.54) is 24.8 Å². The molecular formula is C12H16BrN. The monoisotopic (exact) mass is 253 g/mol. The molecule has 0 amide bonds. The molecule has 0 aliphatic heterocycles. The summed E-state index contributed by atoms with van der Waals surface area (Å²) in [6, 6.07) is 4.25. The maximum atomic E-state index is 4.20. The van der Waals surface area contributed by atoms with E-state index in [0.29, 0.717) is 10.7 Å². The first kappa shape index (κ1) is 10.2. The van der Waals surface area contributed by atoms with Crippen molar-refractivity contribution in [2.24, 2.45) is 5.92 Å². The quantitative estimate of drug-likeness (QED) is 0.695. The number of alkyl halides is 1. The van der Waals surface area contributed by atoms with E-state index in [0.717, 1.165) is 5.92 Å². The third-order valence-corrected chi connectivity index (χ3v) is 4.08. The molecule has 1 heterocycles. The van der Waals surface area contributed by atoms with Crippen molar-refractivity contribution in [2.45, 2.75) is 36.9 Å². The molecule has 3 atom stereocenters. The lowest BCUT2D eigenvalue weighted by Crippen LogP contribution is -2.21. The van der Waals surface area contributed by atoms with Crippen LogP contribution in [-0.2, 0) is 0 Å². The Bertz CT molecular complexity index is 286. The van der Waals surface area contributed by atoms with Gasteiger partial charge in [-0.3, -0.25) is 4.98 Å². The van der Waals surface area contributed by atoms with Crippen molar-refractivity contribution < 1.29 is 0 Å². The summed E-state index contributed by atoms with van der Waals surface area (Å²) in [6.45, 7) is 2.36. The van der Waals surface area contributed by atoms with Crippen LogP contribution in [0.4, 0.5) is 0 Å². The van der Waals surface area contributed by atoms with Gasteiger partial charge in [-0.1, -0.05) is 28.9 Å². The second-order valence-electron chi connectivity index (χ2n) is 4.28. The molecule has 1 aromatic rings. The van der Waals surface area contributed by atoms with Gasteiger partial charge in [0, 0.05) is 17.2 Å². The number of rotatable bonds is 1. The van der Waals surface area contributed by atoms with Crippen LogP contribution in [0, 0.1) is 5.92 Å². The molecule has 1 fully saturated rings. The Labute approximate surface area is 94.1 Å². The lowest BCUT2D eigenvalue weighted by Gasteiger charge is -2.31. The van der Waals surface area contributed by atoms with E-state index in [-0.39, 0.29) is 0 Å². The van der Waals surface area contributed by atoms with Gasteiger partial charge in [-0.2, -0.15) is 0 Å². The Hall–Kier alpha value is -0.370. The highest BCUT2D eigenvalue weighted by atomic mass is 79.9. The fourth-order valence-corrected chi connectivity index (χ4v) is 3.00. The molecular weight excluding hydrogens is 238 g/mol. The minimum atomic E-state index is 0.696. The molecule has 0 saturated heterocycles. The maximum absolute atomic E-state index is 4.20. The summed E-state index contributed by atoms with van der Waals surface area (Å²) in [4.78, 5) is 4.90. The predicted octanol–water partition coefficient (Wildman–Crippen LogP) is 3.75. The Morgan fingerprint density at radius 3 is 3.00 bits per heavy atom. The first-order valence-corrected chi connectivity index (χ1v) is 6.23. The summed E-state index contributed by atoms with van der Waals surface area (Å²) in [5, 5.41) is 0. The second-order valence-corrected chi connectivity index (χ2v) is 5.58. The fraction of sp³-hybridized carbons (Fsp3) is 0.583. The summed E-state index contributed by atoms with van der Waals surface area (Å²) >= 11 is 3.73. The molecule has 0 N–H and O–H groups in total. The lowest BCUT2D eigenvalue weighted by atomic mass is 9.77. The minimum Gasteiger partial charge on any atom is -0.264 e. The number of hydrogen-bond donors (Lipinski definition) is 0. The Morgan fingerprint density at radius 1 is 1.43 bits per heavy atom. The van der Waals surface area contributed by atoms with Crippen LogP contribution in [0.1, 0.15) is 37.7 Å². The van der Waals surface area contributed by atoms with E-state index in [9.17, 15) is 0 Å². The van der Waals surface area contributed by atoms with Gasteiger partial charge in [0.05, 0.1) is 0 Å². The van der Waals surface area contributed by atoms with Crippen molar-refractivity contribution in [2.75, 3.05) is 0 Å². The van der Waals surface area contributed by atoms with Crippen molar-refractivity contribution in [3.8, 4) is 0 Å². The number of halogens is 1. The Balaban J connectivity index is 2.16. The molecule has 14 heavy (non-hydrogen) atoms. The van der Waals surface area contributed by atoms with Crippen molar-refractivity contribution in [1.82, 2.24) is 4.98 Å². The SMILES string of the molecule is CC1CCC(Br)CC1c1cccnc1. The van der Waals surface area contributed by atoms with Gasteiger partial charge in [-0.05, 0) is 42.7 Å². The molecule has 1 aliphatic carbocycles. The van der Waals surface area contributed by atoms with Crippen LogP contribution in [0.3, 0.4) is 0 Å². The average molecular weight is 254 g/mol. The highest BCUT2D eigenvalue weighted by Crippen LogP contribution is 2.39. The van der Waals surface area contributed by atoms with Crippen LogP contribution in [0.15, 0.2) is 24.5 Å². The summed E-state index contributed by atoms with van der Waals surface area (Å²) in [7, 11) is 0. The number of aromatic nitrogens is 1. The third kappa shape index (κ3) is 2.17. The molecule has 2 rings (SSSR count). The van der Waals surface area contributed by atoms with Crippen LogP contribution in [0.25, 0.3) is 0 Å². The summed E-state index contributed by atoms with van der Waals surface area (Å²) < 4.78 is 0. The lowest BCUT2D eigenvalue weighted by molar-refractivity contribution is 0.340.